The largest absolute Gasteiger partial charge is 0.496 e. The van der Waals surface area contributed by atoms with Gasteiger partial charge in [-0.1, -0.05) is 17.7 Å². The number of ether oxygens (including phenoxy) is 1. The number of nitrogens with one attached hydrogen (secondary N) is 1. The highest BCUT2D eigenvalue weighted by molar-refractivity contribution is 6.30. The molecular weight excluding hydrogens is 406 g/mol. The number of carbonyl (C=O) groups is 1. The van der Waals surface area contributed by atoms with Crippen molar-refractivity contribution in [2.75, 3.05) is 7.11 Å². The normalized spacial score (nSPS) is 14.7. The van der Waals surface area contributed by atoms with E-state index in [2.05, 4.69) is 15.5 Å². The summed E-state index contributed by atoms with van der Waals surface area (Å²) in [6.45, 7) is 3.56. The summed E-state index contributed by atoms with van der Waals surface area (Å²) in [5.41, 5.74) is 2.05. The molecule has 1 atom stereocenters. The molecule has 1 saturated carbocycles. The smallest absolute Gasteiger partial charge is 0.278 e. The average molecular weight is 430 g/mol. The standard InChI is InChI=1S/C21H24ClN5O3/c1-12(8-14-4-5-15(22)9-18(14)30-3)24-19(28)11-26-21(29)20-13(2)25-27(16-6-7-16)17(20)10-23-26/h4-5,9-10,12,16H,6-8,11H2,1-3H3,(H,24,28)/t12-/m0/s1. The fourth-order valence-corrected chi connectivity index (χ4v) is 3.86. The van der Waals surface area contributed by atoms with Crippen LogP contribution in [0.4, 0.5) is 0 Å². The molecule has 158 valence electrons. The molecule has 0 aliphatic heterocycles. The van der Waals surface area contributed by atoms with Gasteiger partial charge in [0, 0.05) is 11.1 Å². The second-order valence-electron chi connectivity index (χ2n) is 7.76. The van der Waals surface area contributed by atoms with Crippen LogP contribution >= 0.6 is 11.6 Å². The third-order valence-corrected chi connectivity index (χ3v) is 5.49. The van der Waals surface area contributed by atoms with Crippen LogP contribution in [0.5, 0.6) is 5.75 Å². The first-order valence-corrected chi connectivity index (χ1v) is 10.3. The van der Waals surface area contributed by atoms with Gasteiger partial charge in [0.1, 0.15) is 12.3 Å². The zero-order valence-corrected chi connectivity index (χ0v) is 17.9. The van der Waals surface area contributed by atoms with Crippen molar-refractivity contribution in [1.82, 2.24) is 24.9 Å². The van der Waals surface area contributed by atoms with Crippen molar-refractivity contribution >= 4 is 28.4 Å². The molecule has 30 heavy (non-hydrogen) atoms. The van der Waals surface area contributed by atoms with Crippen molar-refractivity contribution in [3.63, 3.8) is 0 Å². The van der Waals surface area contributed by atoms with E-state index in [1.807, 2.05) is 24.6 Å². The minimum atomic E-state index is -0.293. The van der Waals surface area contributed by atoms with Crippen molar-refractivity contribution in [1.29, 1.82) is 0 Å². The molecule has 0 saturated heterocycles. The van der Waals surface area contributed by atoms with Crippen LogP contribution in [0.15, 0.2) is 29.2 Å². The quantitative estimate of drug-likeness (QED) is 0.623. The van der Waals surface area contributed by atoms with Crippen LogP contribution in [-0.4, -0.2) is 38.6 Å². The van der Waals surface area contributed by atoms with Gasteiger partial charge in [-0.05, 0) is 50.8 Å². The Hall–Kier alpha value is -2.87. The summed E-state index contributed by atoms with van der Waals surface area (Å²) < 4.78 is 8.43. The third-order valence-electron chi connectivity index (χ3n) is 5.26. The van der Waals surface area contributed by atoms with Crippen molar-refractivity contribution in [2.24, 2.45) is 0 Å². The minimum absolute atomic E-state index is 0.148. The molecule has 1 aliphatic carbocycles. The molecule has 1 aromatic carbocycles. The van der Waals surface area contributed by atoms with E-state index in [0.717, 1.165) is 23.9 Å². The van der Waals surface area contributed by atoms with Gasteiger partial charge in [0.05, 0.1) is 35.9 Å². The Morgan fingerprint density at radius 2 is 2.17 bits per heavy atom. The first-order chi connectivity index (χ1) is 14.4. The van der Waals surface area contributed by atoms with Gasteiger partial charge in [-0.15, -0.1) is 0 Å². The van der Waals surface area contributed by atoms with Crippen molar-refractivity contribution in [3.05, 3.63) is 51.0 Å². The lowest BCUT2D eigenvalue weighted by Gasteiger charge is -2.16. The Morgan fingerprint density at radius 1 is 1.40 bits per heavy atom. The van der Waals surface area contributed by atoms with E-state index in [9.17, 15) is 9.59 Å². The first kappa shape index (κ1) is 20.4. The number of hydrogen-bond donors (Lipinski definition) is 1. The first-order valence-electron chi connectivity index (χ1n) is 9.94. The van der Waals surface area contributed by atoms with Crippen LogP contribution in [0.3, 0.4) is 0 Å². The third kappa shape index (κ3) is 4.05. The molecule has 1 fully saturated rings. The van der Waals surface area contributed by atoms with Crippen molar-refractivity contribution in [2.45, 2.75) is 51.7 Å². The lowest BCUT2D eigenvalue weighted by Crippen LogP contribution is -2.39. The number of halogens is 1. The van der Waals surface area contributed by atoms with Crippen LogP contribution in [0, 0.1) is 6.92 Å². The second-order valence-corrected chi connectivity index (χ2v) is 8.19. The van der Waals surface area contributed by atoms with Gasteiger partial charge in [0.15, 0.2) is 0 Å². The SMILES string of the molecule is COc1cc(Cl)ccc1C[C@H](C)NC(=O)Cn1ncc2c(c(C)nn2C2CC2)c1=O. The summed E-state index contributed by atoms with van der Waals surface area (Å²) in [4.78, 5) is 25.4. The average Bonchev–Trinajstić information content (AvgIpc) is 3.48. The highest BCUT2D eigenvalue weighted by Gasteiger charge is 2.28. The Balaban J connectivity index is 1.46. The number of carbonyl (C=O) groups excluding carboxylic acids is 1. The molecule has 4 rings (SSSR count). The monoisotopic (exact) mass is 429 g/mol. The van der Waals surface area contributed by atoms with E-state index in [1.165, 1.54) is 4.68 Å². The summed E-state index contributed by atoms with van der Waals surface area (Å²) in [5.74, 6) is 0.395. The van der Waals surface area contributed by atoms with Gasteiger partial charge in [-0.3, -0.25) is 14.3 Å². The molecule has 0 radical (unpaired) electrons. The molecular formula is C21H24ClN5O3. The Bertz CT molecular complexity index is 1170. The lowest BCUT2D eigenvalue weighted by atomic mass is 10.1. The van der Waals surface area contributed by atoms with Gasteiger partial charge < -0.3 is 10.1 Å². The van der Waals surface area contributed by atoms with Gasteiger partial charge >= 0.3 is 0 Å². The molecule has 0 bridgehead atoms. The van der Waals surface area contributed by atoms with Crippen LogP contribution in [0.1, 0.15) is 37.1 Å². The fourth-order valence-electron chi connectivity index (χ4n) is 3.69. The number of nitrogens with zero attached hydrogens (tertiary/aromatic N) is 4. The molecule has 1 aliphatic rings. The molecule has 2 aromatic heterocycles. The number of aromatic nitrogens is 4. The summed E-state index contributed by atoms with van der Waals surface area (Å²) in [6, 6.07) is 5.61. The molecule has 2 heterocycles. The maximum atomic E-state index is 12.9. The predicted octanol–water partition coefficient (Wildman–Crippen LogP) is 2.65. The Kier molecular flexibility index (Phi) is 5.51. The van der Waals surface area contributed by atoms with Crippen molar-refractivity contribution < 1.29 is 9.53 Å². The minimum Gasteiger partial charge on any atom is -0.496 e. The van der Waals surface area contributed by atoms with E-state index in [4.69, 9.17) is 16.3 Å². The summed E-state index contributed by atoms with van der Waals surface area (Å²) in [5, 5.41) is 12.7. The number of fused-ring (bicyclic) bond motifs is 1. The van der Waals surface area contributed by atoms with E-state index in [1.54, 1.807) is 25.4 Å². The van der Waals surface area contributed by atoms with Gasteiger partial charge in [-0.25, -0.2) is 4.68 Å². The lowest BCUT2D eigenvalue weighted by molar-refractivity contribution is -0.122. The van der Waals surface area contributed by atoms with Gasteiger partial charge in [0.25, 0.3) is 5.56 Å². The van der Waals surface area contributed by atoms with Crippen LogP contribution in [-0.2, 0) is 17.8 Å². The molecule has 8 nitrogen and oxygen atoms in total. The second kappa shape index (κ2) is 8.10. The number of amides is 1. The number of benzene rings is 1. The van der Waals surface area contributed by atoms with E-state index < -0.39 is 0 Å². The van der Waals surface area contributed by atoms with Crippen LogP contribution in [0.2, 0.25) is 5.02 Å². The highest BCUT2D eigenvalue weighted by Crippen LogP contribution is 2.36. The van der Waals surface area contributed by atoms with Crippen LogP contribution in [0.25, 0.3) is 10.9 Å². The topological polar surface area (TPSA) is 91.0 Å². The number of methoxy groups -OCH3 is 1. The fraction of sp³-hybridized carbons (Fsp3) is 0.429. The summed E-state index contributed by atoms with van der Waals surface area (Å²) in [6.07, 6.45) is 4.33. The maximum absolute atomic E-state index is 12.9. The van der Waals surface area contributed by atoms with Crippen LogP contribution < -0.4 is 15.6 Å². The zero-order valence-electron chi connectivity index (χ0n) is 17.2. The molecule has 1 amide bonds. The molecule has 1 N–H and O–H groups in total. The number of aryl methyl sites for hydroxylation is 1. The Labute approximate surface area is 178 Å². The predicted molar refractivity (Wildman–Crippen MR) is 114 cm³/mol. The molecule has 9 heteroatoms. The zero-order chi connectivity index (χ0) is 21.4. The summed E-state index contributed by atoms with van der Waals surface area (Å²) >= 11 is 6.00. The van der Waals surface area contributed by atoms with Gasteiger partial charge in [-0.2, -0.15) is 10.2 Å². The Morgan fingerprint density at radius 3 is 2.87 bits per heavy atom. The number of hydrogen-bond acceptors (Lipinski definition) is 5. The summed E-state index contributed by atoms with van der Waals surface area (Å²) in [7, 11) is 1.58. The van der Waals surface area contributed by atoms with E-state index >= 15 is 0 Å². The van der Waals surface area contributed by atoms with Gasteiger partial charge in [0.2, 0.25) is 5.91 Å². The van der Waals surface area contributed by atoms with E-state index in [0.29, 0.717) is 34.3 Å². The van der Waals surface area contributed by atoms with E-state index in [-0.39, 0.29) is 24.1 Å². The molecule has 3 aromatic rings. The molecule has 0 unspecified atom stereocenters. The van der Waals surface area contributed by atoms with Crippen molar-refractivity contribution in [3.8, 4) is 5.75 Å². The highest BCUT2D eigenvalue weighted by atomic mass is 35.5. The molecule has 0 spiro atoms. The maximum Gasteiger partial charge on any atom is 0.278 e. The number of rotatable bonds is 7.